The molecule has 4 nitrogen and oxygen atoms in total. The van der Waals surface area contributed by atoms with Crippen molar-refractivity contribution in [3.05, 3.63) is 70.8 Å². The summed E-state index contributed by atoms with van der Waals surface area (Å²) in [7, 11) is 1.03. The first kappa shape index (κ1) is 20.3. The number of hydrogen-bond acceptors (Lipinski definition) is 3. The average Bonchev–Trinajstić information content (AvgIpc) is 2.59. The Bertz CT molecular complexity index is 851. The first-order valence-corrected chi connectivity index (χ1v) is 7.61. The quantitative estimate of drug-likeness (QED) is 0.631. The molecule has 27 heavy (non-hydrogen) atoms. The van der Waals surface area contributed by atoms with Gasteiger partial charge in [-0.1, -0.05) is 18.2 Å². The van der Waals surface area contributed by atoms with E-state index in [4.69, 9.17) is 0 Å². The van der Waals surface area contributed by atoms with Gasteiger partial charge in [0.25, 0.3) is 5.91 Å². The Balaban J connectivity index is 2.23. The smallest absolute Gasteiger partial charge is 0.416 e. The SMILES string of the molecule is COC(=O)[C@@H](Cc1cccc(C(F)(F)F)c1)NC(=O)c1ccc(F)cc1F. The Morgan fingerprint density at radius 1 is 1.11 bits per heavy atom. The van der Waals surface area contributed by atoms with Gasteiger partial charge in [0, 0.05) is 12.5 Å². The van der Waals surface area contributed by atoms with Crippen molar-refractivity contribution in [2.45, 2.75) is 18.6 Å². The molecule has 2 aromatic rings. The van der Waals surface area contributed by atoms with E-state index in [-0.39, 0.29) is 12.0 Å². The number of halogens is 5. The highest BCUT2D eigenvalue weighted by Gasteiger charge is 2.31. The molecule has 0 aromatic heterocycles. The van der Waals surface area contributed by atoms with Crippen molar-refractivity contribution >= 4 is 11.9 Å². The zero-order valence-corrected chi connectivity index (χ0v) is 13.9. The summed E-state index contributed by atoms with van der Waals surface area (Å²) >= 11 is 0. The molecule has 0 heterocycles. The zero-order valence-electron chi connectivity index (χ0n) is 13.9. The number of hydrogen-bond donors (Lipinski definition) is 1. The normalized spacial score (nSPS) is 12.4. The maximum atomic E-state index is 13.7. The van der Waals surface area contributed by atoms with E-state index in [2.05, 4.69) is 10.1 Å². The van der Waals surface area contributed by atoms with Crippen molar-refractivity contribution in [1.82, 2.24) is 5.32 Å². The molecule has 0 radical (unpaired) electrons. The first-order valence-electron chi connectivity index (χ1n) is 7.61. The molecule has 0 bridgehead atoms. The van der Waals surface area contributed by atoms with Gasteiger partial charge in [0.15, 0.2) is 0 Å². The molecule has 0 unspecified atom stereocenters. The molecule has 9 heteroatoms. The Morgan fingerprint density at radius 3 is 2.41 bits per heavy atom. The van der Waals surface area contributed by atoms with Crippen molar-refractivity contribution in [3.63, 3.8) is 0 Å². The van der Waals surface area contributed by atoms with Gasteiger partial charge in [-0.05, 0) is 23.8 Å². The molecule has 0 aliphatic carbocycles. The zero-order chi connectivity index (χ0) is 20.2. The minimum atomic E-state index is -4.57. The van der Waals surface area contributed by atoms with Crippen LogP contribution < -0.4 is 5.32 Å². The van der Waals surface area contributed by atoms with Crippen molar-refractivity contribution in [2.24, 2.45) is 0 Å². The van der Waals surface area contributed by atoms with E-state index in [1.807, 2.05) is 0 Å². The summed E-state index contributed by atoms with van der Waals surface area (Å²) in [4.78, 5) is 24.1. The van der Waals surface area contributed by atoms with Gasteiger partial charge in [-0.3, -0.25) is 4.79 Å². The number of ether oxygens (including phenoxy) is 1. The summed E-state index contributed by atoms with van der Waals surface area (Å²) in [5.74, 6) is -3.99. The van der Waals surface area contributed by atoms with Crippen LogP contribution in [0.1, 0.15) is 21.5 Å². The van der Waals surface area contributed by atoms with E-state index in [0.717, 1.165) is 37.4 Å². The molecule has 1 N–H and O–H groups in total. The standard InChI is InChI=1S/C18H14F5NO3/c1-27-17(26)15(8-10-3-2-4-11(7-10)18(21,22)23)24-16(25)13-6-5-12(19)9-14(13)20/h2-7,9,15H,8H2,1H3,(H,24,25)/t15-/m1/s1. The van der Waals surface area contributed by atoms with Gasteiger partial charge in [-0.2, -0.15) is 13.2 Å². The maximum absolute atomic E-state index is 13.7. The second-order valence-electron chi connectivity index (χ2n) is 5.58. The molecule has 1 atom stereocenters. The largest absolute Gasteiger partial charge is 0.467 e. The minimum Gasteiger partial charge on any atom is -0.467 e. The molecule has 1 amide bonds. The number of esters is 1. The van der Waals surface area contributed by atoms with Crippen molar-refractivity contribution in [3.8, 4) is 0 Å². The average molecular weight is 387 g/mol. The first-order chi connectivity index (χ1) is 12.6. The lowest BCUT2D eigenvalue weighted by Crippen LogP contribution is -2.43. The predicted molar refractivity (Wildman–Crippen MR) is 84.8 cm³/mol. The monoisotopic (exact) mass is 387 g/mol. The van der Waals surface area contributed by atoms with Crippen molar-refractivity contribution in [1.29, 1.82) is 0 Å². The molecular weight excluding hydrogens is 373 g/mol. The molecule has 0 saturated carbocycles. The van der Waals surface area contributed by atoms with Gasteiger partial charge in [0.05, 0.1) is 18.2 Å². The fourth-order valence-corrected chi connectivity index (χ4v) is 2.36. The Labute approximate surface area is 150 Å². The second kappa shape index (κ2) is 8.15. The summed E-state index contributed by atoms with van der Waals surface area (Å²) < 4.78 is 69.6. The highest BCUT2D eigenvalue weighted by molar-refractivity contribution is 5.97. The third kappa shape index (κ3) is 5.25. The summed E-state index contributed by atoms with van der Waals surface area (Å²) in [5.41, 5.74) is -1.33. The van der Waals surface area contributed by atoms with E-state index in [1.165, 1.54) is 6.07 Å². The molecule has 0 spiro atoms. The molecule has 2 aromatic carbocycles. The van der Waals surface area contributed by atoms with E-state index in [0.29, 0.717) is 6.07 Å². The van der Waals surface area contributed by atoms with Gasteiger partial charge in [-0.15, -0.1) is 0 Å². The van der Waals surface area contributed by atoms with Crippen LogP contribution in [0.3, 0.4) is 0 Å². The van der Waals surface area contributed by atoms with E-state index < -0.39 is 46.9 Å². The molecule has 144 valence electrons. The fraction of sp³-hybridized carbons (Fsp3) is 0.222. The van der Waals surface area contributed by atoms with Gasteiger partial charge in [0.2, 0.25) is 0 Å². The van der Waals surface area contributed by atoms with Gasteiger partial charge < -0.3 is 10.1 Å². The fourth-order valence-electron chi connectivity index (χ4n) is 2.36. The number of benzene rings is 2. The highest BCUT2D eigenvalue weighted by Crippen LogP contribution is 2.29. The number of alkyl halides is 3. The number of amides is 1. The molecular formula is C18H14F5NO3. The topological polar surface area (TPSA) is 55.4 Å². The molecule has 0 aliphatic heterocycles. The number of carbonyl (C=O) groups is 2. The van der Waals surface area contributed by atoms with Crippen LogP contribution in [0.5, 0.6) is 0 Å². The van der Waals surface area contributed by atoms with Crippen LogP contribution in [0.2, 0.25) is 0 Å². The van der Waals surface area contributed by atoms with Crippen molar-refractivity contribution < 1.29 is 36.3 Å². The minimum absolute atomic E-state index is 0.111. The second-order valence-corrected chi connectivity index (χ2v) is 5.58. The van der Waals surface area contributed by atoms with Crippen LogP contribution in [-0.2, 0) is 22.1 Å². The lowest BCUT2D eigenvalue weighted by molar-refractivity contribution is -0.142. The lowest BCUT2D eigenvalue weighted by atomic mass is 10.0. The summed E-state index contributed by atoms with van der Waals surface area (Å²) in [6.45, 7) is 0. The molecule has 0 saturated heterocycles. The number of rotatable bonds is 5. The van der Waals surface area contributed by atoms with Crippen LogP contribution in [-0.4, -0.2) is 25.0 Å². The van der Waals surface area contributed by atoms with Crippen molar-refractivity contribution in [2.75, 3.05) is 7.11 Å². The Hall–Kier alpha value is -2.97. The summed E-state index contributed by atoms with van der Waals surface area (Å²) in [5, 5.41) is 2.19. The highest BCUT2D eigenvalue weighted by atomic mass is 19.4. The predicted octanol–water partition coefficient (Wildman–Crippen LogP) is 3.50. The Morgan fingerprint density at radius 2 is 1.81 bits per heavy atom. The maximum Gasteiger partial charge on any atom is 0.416 e. The van der Waals surface area contributed by atoms with Gasteiger partial charge in [0.1, 0.15) is 17.7 Å². The van der Waals surface area contributed by atoms with Crippen LogP contribution >= 0.6 is 0 Å². The van der Waals surface area contributed by atoms with Crippen LogP contribution in [0.4, 0.5) is 22.0 Å². The summed E-state index contributed by atoms with van der Waals surface area (Å²) in [6, 6.07) is 5.08. The lowest BCUT2D eigenvalue weighted by Gasteiger charge is -2.17. The molecule has 0 fully saturated rings. The molecule has 0 aliphatic rings. The van der Waals surface area contributed by atoms with E-state index >= 15 is 0 Å². The Kier molecular flexibility index (Phi) is 6.14. The van der Waals surface area contributed by atoms with E-state index in [1.54, 1.807) is 0 Å². The number of nitrogens with one attached hydrogen (secondary N) is 1. The number of carbonyl (C=O) groups excluding carboxylic acids is 2. The molecule has 2 rings (SSSR count). The number of methoxy groups -OCH3 is 1. The van der Waals surface area contributed by atoms with Gasteiger partial charge in [-0.25, -0.2) is 13.6 Å². The van der Waals surface area contributed by atoms with Crippen LogP contribution in [0.15, 0.2) is 42.5 Å². The third-order valence-electron chi connectivity index (χ3n) is 3.66. The van der Waals surface area contributed by atoms with Crippen LogP contribution in [0, 0.1) is 11.6 Å². The van der Waals surface area contributed by atoms with E-state index in [9.17, 15) is 31.5 Å². The van der Waals surface area contributed by atoms with Crippen LogP contribution in [0.25, 0.3) is 0 Å². The summed E-state index contributed by atoms with van der Waals surface area (Å²) in [6.07, 6.45) is -4.89. The van der Waals surface area contributed by atoms with Gasteiger partial charge >= 0.3 is 12.1 Å². The third-order valence-corrected chi connectivity index (χ3v) is 3.66.